The van der Waals surface area contributed by atoms with Gasteiger partial charge in [-0.1, -0.05) is 0 Å². The number of carbonyl (C=O) groups is 1. The fourth-order valence-corrected chi connectivity index (χ4v) is 3.66. The first-order valence-electron chi connectivity index (χ1n) is 7.89. The van der Waals surface area contributed by atoms with Crippen LogP contribution in [-0.2, 0) is 10.0 Å². The number of nitrogens with zero attached hydrogens (tertiary/aromatic N) is 2. The lowest BCUT2D eigenvalue weighted by Crippen LogP contribution is -2.23. The molecular weight excluding hydrogens is 378 g/mol. The van der Waals surface area contributed by atoms with Gasteiger partial charge in [0.15, 0.2) is 0 Å². The second-order valence-corrected chi connectivity index (χ2v) is 8.48. The lowest BCUT2D eigenvalue weighted by Gasteiger charge is -2.12. The van der Waals surface area contributed by atoms with Crippen molar-refractivity contribution < 1.29 is 22.0 Å². The summed E-state index contributed by atoms with van der Waals surface area (Å²) >= 11 is 0. The van der Waals surface area contributed by atoms with Gasteiger partial charge >= 0.3 is 0 Å². The summed E-state index contributed by atoms with van der Waals surface area (Å²) in [6.07, 6.45) is 0. The van der Waals surface area contributed by atoms with Crippen molar-refractivity contribution >= 4 is 38.6 Å². The van der Waals surface area contributed by atoms with Gasteiger partial charge in [0.1, 0.15) is 11.6 Å². The topological polar surface area (TPSA) is 107 Å². The van der Waals surface area contributed by atoms with E-state index >= 15 is 0 Å². The summed E-state index contributed by atoms with van der Waals surface area (Å²) in [6, 6.07) is 6.78. The van der Waals surface area contributed by atoms with Crippen LogP contribution in [0.15, 0.2) is 36.4 Å². The molecule has 0 atom stereocenters. The number of nitrogens with two attached hydrogens (primary N) is 1. The van der Waals surface area contributed by atoms with E-state index in [4.69, 9.17) is 5.73 Å². The quantitative estimate of drug-likeness (QED) is 0.708. The fourth-order valence-electron chi connectivity index (χ4n) is 2.52. The van der Waals surface area contributed by atoms with Crippen molar-refractivity contribution in [2.45, 2.75) is 19.1 Å². The van der Waals surface area contributed by atoms with Gasteiger partial charge in [-0.25, -0.2) is 26.2 Å². The van der Waals surface area contributed by atoms with E-state index in [1.807, 2.05) is 0 Å². The molecule has 0 spiro atoms. The SMILES string of the molecule is CC(C)S(=O)(=O)n1c(N)nc2ccc(NC(=O)c3cc(F)cc(F)c3)cc21. The van der Waals surface area contributed by atoms with Gasteiger partial charge in [0.05, 0.1) is 16.3 Å². The summed E-state index contributed by atoms with van der Waals surface area (Å²) in [7, 11) is -3.78. The summed E-state index contributed by atoms with van der Waals surface area (Å²) in [6.45, 7) is 3.01. The number of anilines is 2. The molecule has 10 heteroatoms. The molecule has 2 aromatic carbocycles. The Bertz CT molecular complexity index is 1140. The Morgan fingerprint density at radius 2 is 1.78 bits per heavy atom. The minimum atomic E-state index is -3.78. The molecule has 3 aromatic rings. The first-order chi connectivity index (χ1) is 12.6. The lowest BCUT2D eigenvalue weighted by molar-refractivity contribution is 0.102. The third-order valence-electron chi connectivity index (χ3n) is 3.87. The molecule has 0 radical (unpaired) electrons. The monoisotopic (exact) mass is 394 g/mol. The summed E-state index contributed by atoms with van der Waals surface area (Å²) in [5.41, 5.74) is 6.27. The number of hydrogen-bond donors (Lipinski definition) is 2. The Hall–Kier alpha value is -3.01. The number of aromatic nitrogens is 2. The molecule has 3 rings (SSSR count). The second-order valence-electron chi connectivity index (χ2n) is 6.14. The van der Waals surface area contributed by atoms with E-state index in [1.165, 1.54) is 32.0 Å². The van der Waals surface area contributed by atoms with Crippen molar-refractivity contribution in [3.63, 3.8) is 0 Å². The minimum Gasteiger partial charge on any atom is -0.368 e. The summed E-state index contributed by atoms with van der Waals surface area (Å²) in [5.74, 6) is -2.72. The number of nitrogens with one attached hydrogen (secondary N) is 1. The van der Waals surface area contributed by atoms with E-state index in [-0.39, 0.29) is 22.7 Å². The Morgan fingerprint density at radius 3 is 2.37 bits per heavy atom. The van der Waals surface area contributed by atoms with Crippen LogP contribution in [0.25, 0.3) is 11.0 Å². The molecule has 1 heterocycles. The van der Waals surface area contributed by atoms with Crippen LogP contribution >= 0.6 is 0 Å². The molecule has 3 N–H and O–H groups in total. The highest BCUT2D eigenvalue weighted by Crippen LogP contribution is 2.25. The van der Waals surface area contributed by atoms with E-state index in [9.17, 15) is 22.0 Å². The van der Waals surface area contributed by atoms with E-state index < -0.39 is 32.8 Å². The van der Waals surface area contributed by atoms with Crippen LogP contribution in [0.1, 0.15) is 24.2 Å². The van der Waals surface area contributed by atoms with Gasteiger partial charge in [0.25, 0.3) is 5.91 Å². The van der Waals surface area contributed by atoms with Gasteiger partial charge in [-0.05, 0) is 44.2 Å². The molecule has 7 nitrogen and oxygen atoms in total. The van der Waals surface area contributed by atoms with Gasteiger partial charge in [-0.2, -0.15) is 0 Å². The maximum atomic E-state index is 13.3. The number of fused-ring (bicyclic) bond motifs is 1. The maximum absolute atomic E-state index is 13.3. The van der Waals surface area contributed by atoms with Crippen molar-refractivity contribution in [3.8, 4) is 0 Å². The summed E-state index contributed by atoms with van der Waals surface area (Å²) < 4.78 is 52.5. The molecule has 27 heavy (non-hydrogen) atoms. The molecule has 0 saturated heterocycles. The average molecular weight is 394 g/mol. The van der Waals surface area contributed by atoms with E-state index in [0.29, 0.717) is 11.6 Å². The Kier molecular flexibility index (Phi) is 4.60. The normalized spacial score (nSPS) is 11.9. The Labute approximate surface area is 153 Å². The molecular formula is C17H16F2N4O3S. The van der Waals surface area contributed by atoms with Gasteiger partial charge in [-0.3, -0.25) is 4.79 Å². The zero-order valence-electron chi connectivity index (χ0n) is 14.4. The van der Waals surface area contributed by atoms with E-state index in [0.717, 1.165) is 16.1 Å². The highest BCUT2D eigenvalue weighted by Gasteiger charge is 2.24. The largest absolute Gasteiger partial charge is 0.368 e. The molecule has 0 aliphatic heterocycles. The number of carbonyl (C=O) groups excluding carboxylic acids is 1. The van der Waals surface area contributed by atoms with Crippen molar-refractivity contribution in [1.29, 1.82) is 0 Å². The number of nitrogen functional groups attached to an aromatic ring is 1. The van der Waals surface area contributed by atoms with Crippen LogP contribution in [0.3, 0.4) is 0 Å². The number of rotatable bonds is 4. The second kappa shape index (κ2) is 6.62. The van der Waals surface area contributed by atoms with Crippen LogP contribution < -0.4 is 11.1 Å². The van der Waals surface area contributed by atoms with Crippen molar-refractivity contribution in [1.82, 2.24) is 8.96 Å². The van der Waals surface area contributed by atoms with Crippen LogP contribution in [0.5, 0.6) is 0 Å². The molecule has 0 bridgehead atoms. The summed E-state index contributed by atoms with van der Waals surface area (Å²) in [5, 5.41) is 1.73. The molecule has 142 valence electrons. The zero-order valence-corrected chi connectivity index (χ0v) is 15.2. The first-order valence-corrected chi connectivity index (χ1v) is 9.39. The number of amides is 1. The lowest BCUT2D eigenvalue weighted by atomic mass is 10.2. The highest BCUT2D eigenvalue weighted by atomic mass is 32.2. The van der Waals surface area contributed by atoms with E-state index in [1.54, 1.807) is 0 Å². The van der Waals surface area contributed by atoms with Gasteiger partial charge in [0, 0.05) is 17.3 Å². The predicted octanol–water partition coefficient (Wildman–Crippen LogP) is 2.74. The number of hydrogen-bond acceptors (Lipinski definition) is 5. The smallest absolute Gasteiger partial charge is 0.255 e. The van der Waals surface area contributed by atoms with Crippen molar-refractivity contribution in [3.05, 3.63) is 53.6 Å². The zero-order chi connectivity index (χ0) is 19.9. The molecule has 0 fully saturated rings. The number of imidazole rings is 1. The molecule has 1 aromatic heterocycles. The number of halogens is 2. The molecule has 1 amide bonds. The minimum absolute atomic E-state index is 0.185. The molecule has 0 unspecified atom stereocenters. The third kappa shape index (κ3) is 3.47. The van der Waals surface area contributed by atoms with Crippen LogP contribution in [0, 0.1) is 11.6 Å². The third-order valence-corrected chi connectivity index (χ3v) is 5.95. The molecule has 0 aliphatic rings. The fraction of sp³-hybridized carbons (Fsp3) is 0.176. The molecule has 0 aliphatic carbocycles. The van der Waals surface area contributed by atoms with Crippen molar-refractivity contribution in [2.24, 2.45) is 0 Å². The van der Waals surface area contributed by atoms with Crippen LogP contribution in [0.2, 0.25) is 0 Å². The number of benzene rings is 2. The van der Waals surface area contributed by atoms with Gasteiger partial charge < -0.3 is 11.1 Å². The highest BCUT2D eigenvalue weighted by molar-refractivity contribution is 7.90. The van der Waals surface area contributed by atoms with Gasteiger partial charge in [0.2, 0.25) is 16.0 Å². The maximum Gasteiger partial charge on any atom is 0.255 e. The standard InChI is InChI=1S/C17H16F2N4O3S/c1-9(2)27(25,26)23-15-8-13(3-4-14(15)22-17(23)20)21-16(24)10-5-11(18)7-12(19)6-10/h3-9H,1-2H3,(H2,20,22)(H,21,24). The Morgan fingerprint density at radius 1 is 1.15 bits per heavy atom. The van der Waals surface area contributed by atoms with Gasteiger partial charge in [-0.15, -0.1) is 0 Å². The predicted molar refractivity (Wildman–Crippen MR) is 97.9 cm³/mol. The average Bonchev–Trinajstić information content (AvgIpc) is 2.89. The van der Waals surface area contributed by atoms with Crippen molar-refractivity contribution in [2.75, 3.05) is 11.1 Å². The first kappa shape index (κ1) is 18.8. The Balaban J connectivity index is 2.03. The summed E-state index contributed by atoms with van der Waals surface area (Å²) in [4.78, 5) is 16.3. The van der Waals surface area contributed by atoms with Crippen LogP contribution in [0.4, 0.5) is 20.4 Å². The van der Waals surface area contributed by atoms with E-state index in [2.05, 4.69) is 10.3 Å². The van der Waals surface area contributed by atoms with Crippen LogP contribution in [-0.4, -0.2) is 28.5 Å². The molecule has 0 saturated carbocycles.